The van der Waals surface area contributed by atoms with Gasteiger partial charge < -0.3 is 4.42 Å². The van der Waals surface area contributed by atoms with E-state index in [1.54, 1.807) is 30.3 Å². The molecule has 0 aliphatic rings. The number of nitriles is 1. The number of non-ortho nitro benzene ring substituents is 1. The van der Waals surface area contributed by atoms with Gasteiger partial charge in [0.2, 0.25) is 0 Å². The van der Waals surface area contributed by atoms with Crippen LogP contribution in [0.25, 0.3) is 34.2 Å². The molecule has 0 atom stereocenters. The summed E-state index contributed by atoms with van der Waals surface area (Å²) in [5.74, 6) is 1.06. The molecule has 0 bridgehead atoms. The lowest BCUT2D eigenvalue weighted by atomic mass is 10.1. The highest BCUT2D eigenvalue weighted by Gasteiger charge is 2.12. The molecule has 0 amide bonds. The SMILES string of the molecule is N#C/C(=C\c1ccc(-c2ccc([N+](=O)[O-])cc2)o1)c1nc(-c2ccc(Br)cc2)cs1. The Morgan fingerprint density at radius 1 is 1.10 bits per heavy atom. The summed E-state index contributed by atoms with van der Waals surface area (Å²) in [6.07, 6.45) is 1.64. The molecule has 0 aliphatic carbocycles. The van der Waals surface area contributed by atoms with Crippen molar-refractivity contribution in [3.63, 3.8) is 0 Å². The van der Waals surface area contributed by atoms with E-state index in [0.717, 1.165) is 15.7 Å². The fourth-order valence-corrected chi connectivity index (χ4v) is 3.83. The van der Waals surface area contributed by atoms with Crippen LogP contribution in [0, 0.1) is 21.4 Å². The highest BCUT2D eigenvalue weighted by Crippen LogP contribution is 2.30. The highest BCUT2D eigenvalue weighted by molar-refractivity contribution is 9.10. The zero-order valence-electron chi connectivity index (χ0n) is 15.3. The van der Waals surface area contributed by atoms with E-state index in [1.807, 2.05) is 29.6 Å². The quantitative estimate of drug-likeness (QED) is 0.179. The minimum absolute atomic E-state index is 0.0162. The Hall–Kier alpha value is -3.54. The summed E-state index contributed by atoms with van der Waals surface area (Å²) in [6.45, 7) is 0. The molecular weight excluding hydrogens is 466 g/mol. The Bertz CT molecular complexity index is 1280. The maximum absolute atomic E-state index is 10.8. The number of rotatable bonds is 5. The van der Waals surface area contributed by atoms with E-state index >= 15 is 0 Å². The van der Waals surface area contributed by atoms with E-state index in [1.165, 1.54) is 23.5 Å². The number of nitro benzene ring substituents is 1. The molecule has 146 valence electrons. The van der Waals surface area contributed by atoms with Crippen LogP contribution < -0.4 is 0 Å². The lowest BCUT2D eigenvalue weighted by Crippen LogP contribution is -1.86. The van der Waals surface area contributed by atoms with Crippen molar-refractivity contribution < 1.29 is 9.34 Å². The molecule has 4 aromatic rings. The minimum atomic E-state index is -0.449. The fraction of sp³-hybridized carbons (Fsp3) is 0. The molecule has 2 aromatic heterocycles. The second-order valence-electron chi connectivity index (χ2n) is 6.22. The molecule has 0 aliphatic heterocycles. The van der Waals surface area contributed by atoms with E-state index in [4.69, 9.17) is 4.42 Å². The summed E-state index contributed by atoms with van der Waals surface area (Å²) in [7, 11) is 0. The molecule has 2 heterocycles. The zero-order chi connectivity index (χ0) is 21.1. The average molecular weight is 478 g/mol. The van der Waals surface area contributed by atoms with Gasteiger partial charge in [0.25, 0.3) is 5.69 Å². The Morgan fingerprint density at radius 3 is 2.47 bits per heavy atom. The third kappa shape index (κ3) is 4.22. The Kier molecular flexibility index (Phi) is 5.57. The first kappa shape index (κ1) is 19.8. The minimum Gasteiger partial charge on any atom is -0.457 e. The molecule has 0 saturated carbocycles. The van der Waals surface area contributed by atoms with E-state index in [0.29, 0.717) is 27.7 Å². The molecule has 6 nitrogen and oxygen atoms in total. The van der Waals surface area contributed by atoms with E-state index in [-0.39, 0.29) is 5.69 Å². The van der Waals surface area contributed by atoms with Crippen LogP contribution in [0.3, 0.4) is 0 Å². The monoisotopic (exact) mass is 477 g/mol. The standard InChI is InChI=1S/C22H12BrN3O3S/c23-17-5-1-14(2-6-17)20-13-30-22(25-20)16(12-24)11-19-9-10-21(29-19)15-3-7-18(8-4-15)26(27)28/h1-11,13H/b16-11+. The van der Waals surface area contributed by atoms with Gasteiger partial charge in [-0.15, -0.1) is 11.3 Å². The third-order valence-corrected chi connectivity index (χ3v) is 5.68. The molecule has 0 fully saturated rings. The first-order valence-corrected chi connectivity index (χ1v) is 10.4. The van der Waals surface area contributed by atoms with Crippen LogP contribution in [-0.4, -0.2) is 9.91 Å². The summed E-state index contributed by atoms with van der Waals surface area (Å²) in [5, 5.41) is 22.9. The van der Waals surface area contributed by atoms with Gasteiger partial charge in [0.1, 0.15) is 22.6 Å². The maximum Gasteiger partial charge on any atom is 0.269 e. The molecule has 0 radical (unpaired) electrons. The van der Waals surface area contributed by atoms with Crippen molar-refractivity contribution in [3.8, 4) is 28.7 Å². The smallest absolute Gasteiger partial charge is 0.269 e. The molecule has 0 unspecified atom stereocenters. The van der Waals surface area contributed by atoms with Gasteiger partial charge in [-0.25, -0.2) is 4.98 Å². The Morgan fingerprint density at radius 2 is 1.80 bits per heavy atom. The van der Waals surface area contributed by atoms with Gasteiger partial charge in [-0.3, -0.25) is 10.1 Å². The lowest BCUT2D eigenvalue weighted by Gasteiger charge is -1.97. The predicted octanol–water partition coefficient (Wildman–Crippen LogP) is 6.80. The maximum atomic E-state index is 10.8. The van der Waals surface area contributed by atoms with Gasteiger partial charge in [0.15, 0.2) is 0 Å². The van der Waals surface area contributed by atoms with Crippen molar-refractivity contribution in [1.82, 2.24) is 4.98 Å². The summed E-state index contributed by atoms with van der Waals surface area (Å²) in [4.78, 5) is 14.9. The van der Waals surface area contributed by atoms with Crippen molar-refractivity contribution in [2.75, 3.05) is 0 Å². The normalized spacial score (nSPS) is 11.3. The summed E-state index contributed by atoms with van der Waals surface area (Å²) < 4.78 is 6.79. The van der Waals surface area contributed by atoms with E-state index < -0.39 is 4.92 Å². The first-order valence-electron chi connectivity index (χ1n) is 8.72. The summed E-state index contributed by atoms with van der Waals surface area (Å²) in [6, 6.07) is 19.6. The van der Waals surface area contributed by atoms with Gasteiger partial charge >= 0.3 is 0 Å². The summed E-state index contributed by atoms with van der Waals surface area (Å²) >= 11 is 4.80. The number of nitrogens with zero attached hydrogens (tertiary/aromatic N) is 3. The van der Waals surface area contributed by atoms with Crippen LogP contribution in [0.2, 0.25) is 0 Å². The van der Waals surface area contributed by atoms with Crippen LogP contribution >= 0.6 is 27.3 Å². The Balaban J connectivity index is 1.59. The van der Waals surface area contributed by atoms with E-state index in [9.17, 15) is 15.4 Å². The molecule has 0 N–H and O–H groups in total. The molecule has 0 saturated heterocycles. The van der Waals surface area contributed by atoms with Crippen molar-refractivity contribution in [3.05, 3.63) is 91.4 Å². The Labute approximate surface area is 184 Å². The highest BCUT2D eigenvalue weighted by atomic mass is 79.9. The molecule has 2 aromatic carbocycles. The van der Waals surface area contributed by atoms with Gasteiger partial charge in [0.05, 0.1) is 16.2 Å². The van der Waals surface area contributed by atoms with Crippen molar-refractivity contribution in [2.45, 2.75) is 0 Å². The number of aromatic nitrogens is 1. The van der Waals surface area contributed by atoms with Crippen LogP contribution in [0.4, 0.5) is 5.69 Å². The number of hydrogen-bond acceptors (Lipinski definition) is 6. The van der Waals surface area contributed by atoms with Crippen LogP contribution in [-0.2, 0) is 0 Å². The number of furan rings is 1. The van der Waals surface area contributed by atoms with Gasteiger partial charge in [-0.2, -0.15) is 5.26 Å². The fourth-order valence-electron chi connectivity index (χ4n) is 2.77. The molecule has 30 heavy (non-hydrogen) atoms. The second-order valence-corrected chi connectivity index (χ2v) is 7.99. The van der Waals surface area contributed by atoms with Crippen LogP contribution in [0.5, 0.6) is 0 Å². The molecule has 8 heteroatoms. The van der Waals surface area contributed by atoms with Crippen molar-refractivity contribution in [2.24, 2.45) is 0 Å². The third-order valence-electron chi connectivity index (χ3n) is 4.27. The largest absolute Gasteiger partial charge is 0.457 e. The predicted molar refractivity (Wildman–Crippen MR) is 120 cm³/mol. The first-order chi connectivity index (χ1) is 14.5. The summed E-state index contributed by atoms with van der Waals surface area (Å²) in [5.41, 5.74) is 2.90. The molecule has 4 rings (SSSR count). The number of benzene rings is 2. The van der Waals surface area contributed by atoms with Gasteiger partial charge in [-0.05, 0) is 36.4 Å². The average Bonchev–Trinajstić information content (AvgIpc) is 3.42. The van der Waals surface area contributed by atoms with E-state index in [2.05, 4.69) is 27.0 Å². The van der Waals surface area contributed by atoms with Gasteiger partial charge in [0, 0.05) is 39.2 Å². The number of halogens is 1. The number of hydrogen-bond donors (Lipinski definition) is 0. The van der Waals surface area contributed by atoms with Crippen molar-refractivity contribution >= 4 is 44.6 Å². The van der Waals surface area contributed by atoms with Gasteiger partial charge in [-0.1, -0.05) is 28.1 Å². The molecular formula is C22H12BrN3O3S. The van der Waals surface area contributed by atoms with Crippen LogP contribution in [0.1, 0.15) is 10.8 Å². The topological polar surface area (TPSA) is 93.0 Å². The number of thiazole rings is 1. The second kappa shape index (κ2) is 8.45. The van der Waals surface area contributed by atoms with Crippen molar-refractivity contribution in [1.29, 1.82) is 5.26 Å². The van der Waals surface area contributed by atoms with Crippen LogP contribution in [0.15, 0.2) is 74.9 Å². The molecule has 0 spiro atoms. The number of nitro groups is 1. The zero-order valence-corrected chi connectivity index (χ0v) is 17.7. The lowest BCUT2D eigenvalue weighted by molar-refractivity contribution is -0.384. The number of allylic oxidation sites excluding steroid dienone is 1.